The lowest BCUT2D eigenvalue weighted by Crippen LogP contribution is -2.39. The third-order valence-electron chi connectivity index (χ3n) is 3.99. The molecule has 3 rings (SSSR count). The Kier molecular flexibility index (Phi) is 3.56. The molecule has 2 aromatic rings. The van der Waals surface area contributed by atoms with Gasteiger partial charge in [0.1, 0.15) is 6.10 Å². The zero-order valence-corrected chi connectivity index (χ0v) is 13.0. The Morgan fingerprint density at radius 1 is 1.36 bits per heavy atom. The number of hydrogen-bond acceptors (Lipinski definition) is 6. The second-order valence-corrected chi connectivity index (χ2v) is 7.74. The first-order valence-corrected chi connectivity index (χ1v) is 8.81. The van der Waals surface area contributed by atoms with Gasteiger partial charge in [-0.25, -0.2) is 18.2 Å². The number of hydrogen-bond donors (Lipinski definition) is 1. The van der Waals surface area contributed by atoms with Crippen LogP contribution < -0.4 is 10.5 Å². The molecule has 1 unspecified atom stereocenters. The molecule has 0 bridgehead atoms. The molecule has 0 amide bonds. The summed E-state index contributed by atoms with van der Waals surface area (Å²) in [5.74, 6) is -0.997. The van der Waals surface area contributed by atoms with Gasteiger partial charge in [0.25, 0.3) is 0 Å². The van der Waals surface area contributed by atoms with Gasteiger partial charge in [0.05, 0.1) is 5.25 Å². The summed E-state index contributed by atoms with van der Waals surface area (Å²) in [7, 11) is -3.30. The Hall–Kier alpha value is -2.09. The predicted octanol–water partition coefficient (Wildman–Crippen LogP) is 1.09. The lowest BCUT2D eigenvalue weighted by atomic mass is 9.82. The maximum Gasteiger partial charge on any atom is 0.441 e. The predicted molar refractivity (Wildman–Crippen MR) is 78.4 cm³/mol. The van der Waals surface area contributed by atoms with Crippen molar-refractivity contribution in [1.82, 2.24) is 10.1 Å². The minimum Gasteiger partial charge on any atom is -0.459 e. The second kappa shape index (κ2) is 5.28. The zero-order chi connectivity index (χ0) is 15.9. The van der Waals surface area contributed by atoms with E-state index in [2.05, 4.69) is 14.7 Å². The van der Waals surface area contributed by atoms with Crippen LogP contribution in [0.3, 0.4) is 0 Å². The van der Waals surface area contributed by atoms with Crippen LogP contribution in [-0.2, 0) is 16.3 Å². The summed E-state index contributed by atoms with van der Waals surface area (Å²) in [4.78, 5) is 13.3. The van der Waals surface area contributed by atoms with Crippen molar-refractivity contribution in [1.29, 1.82) is 0 Å². The highest BCUT2D eigenvalue weighted by Crippen LogP contribution is 2.40. The third kappa shape index (κ3) is 2.66. The number of aromatic amines is 1. The maximum atomic E-state index is 12.2. The molecule has 1 aromatic carbocycles. The fourth-order valence-corrected chi connectivity index (χ4v) is 4.70. The highest BCUT2D eigenvalue weighted by molar-refractivity contribution is 7.90. The van der Waals surface area contributed by atoms with E-state index in [9.17, 15) is 13.2 Å². The van der Waals surface area contributed by atoms with Gasteiger partial charge >= 0.3 is 11.8 Å². The molecule has 118 valence electrons. The molecule has 1 N–H and O–H groups in total. The third-order valence-corrected chi connectivity index (χ3v) is 5.60. The van der Waals surface area contributed by atoms with Gasteiger partial charge in [-0.3, -0.25) is 4.52 Å². The van der Waals surface area contributed by atoms with Crippen LogP contribution in [0.15, 0.2) is 33.6 Å². The lowest BCUT2D eigenvalue weighted by molar-refractivity contribution is 0.114. The Morgan fingerprint density at radius 2 is 2.09 bits per heavy atom. The van der Waals surface area contributed by atoms with E-state index >= 15 is 0 Å². The monoisotopic (exact) mass is 324 g/mol. The molecule has 1 aliphatic carbocycles. The first-order chi connectivity index (χ1) is 10.4. The van der Waals surface area contributed by atoms with Crippen LogP contribution in [0.4, 0.5) is 0 Å². The molecule has 0 fully saturated rings. The Bertz CT molecular complexity index is 839. The van der Waals surface area contributed by atoms with E-state index < -0.39 is 26.9 Å². The Morgan fingerprint density at radius 3 is 2.73 bits per heavy atom. The number of nitrogens with one attached hydrogen (secondary N) is 1. The highest BCUT2D eigenvalue weighted by Gasteiger charge is 2.41. The van der Waals surface area contributed by atoms with Crippen molar-refractivity contribution in [2.24, 2.45) is 5.92 Å². The number of benzene rings is 1. The van der Waals surface area contributed by atoms with Crippen LogP contribution in [0.5, 0.6) is 6.01 Å². The number of fused-ring (bicyclic) bond motifs is 1. The van der Waals surface area contributed by atoms with Gasteiger partial charge in [-0.15, -0.1) is 0 Å². The lowest BCUT2D eigenvalue weighted by Gasteiger charge is -2.35. The summed E-state index contributed by atoms with van der Waals surface area (Å²) in [5, 5.41) is 2.82. The summed E-state index contributed by atoms with van der Waals surface area (Å²) in [6.45, 7) is 1.82. The molecule has 0 spiro atoms. The summed E-state index contributed by atoms with van der Waals surface area (Å²) in [5.41, 5.74) is 1.73. The standard InChI is InChI=1S/C14H16N2O5S/c1-8-11(20-13-15-14(17)21-16-13)7-9-5-3-4-6-10(9)12(8)22(2,18)19/h3-6,8,11-12H,7H2,1-2H3,(H,15,16,17)/t8-,11-,12?/m1/s1. The van der Waals surface area contributed by atoms with Crippen molar-refractivity contribution in [2.75, 3.05) is 6.26 Å². The summed E-state index contributed by atoms with van der Waals surface area (Å²) >= 11 is 0. The number of sulfone groups is 1. The Balaban J connectivity index is 1.99. The van der Waals surface area contributed by atoms with Crippen LogP contribution in [0, 0.1) is 5.92 Å². The van der Waals surface area contributed by atoms with Crippen LogP contribution in [0.2, 0.25) is 0 Å². The van der Waals surface area contributed by atoms with Gasteiger partial charge in [0.2, 0.25) is 0 Å². The van der Waals surface area contributed by atoms with E-state index in [-0.39, 0.29) is 11.9 Å². The fourth-order valence-electron chi connectivity index (χ4n) is 3.06. The van der Waals surface area contributed by atoms with Crippen LogP contribution in [0.25, 0.3) is 0 Å². The Labute approximate surface area is 127 Å². The normalized spacial score (nSPS) is 24.7. The number of rotatable bonds is 3. The van der Waals surface area contributed by atoms with E-state index in [1.54, 1.807) is 0 Å². The summed E-state index contributed by atoms with van der Waals surface area (Å²) in [6, 6.07) is 7.39. The van der Waals surface area contributed by atoms with Gasteiger partial charge in [0.15, 0.2) is 9.84 Å². The molecule has 0 aliphatic heterocycles. The quantitative estimate of drug-likeness (QED) is 0.906. The molecule has 0 radical (unpaired) electrons. The fraction of sp³-hybridized carbons (Fsp3) is 0.429. The maximum absolute atomic E-state index is 12.2. The van der Waals surface area contributed by atoms with E-state index in [1.807, 2.05) is 31.2 Å². The topological polar surface area (TPSA) is 102 Å². The molecule has 1 aliphatic rings. The first-order valence-electron chi connectivity index (χ1n) is 6.85. The van der Waals surface area contributed by atoms with E-state index in [1.165, 1.54) is 6.26 Å². The molecule has 1 aromatic heterocycles. The van der Waals surface area contributed by atoms with Crippen LogP contribution in [0.1, 0.15) is 23.3 Å². The first kappa shape index (κ1) is 14.8. The van der Waals surface area contributed by atoms with Gasteiger partial charge in [-0.05, 0) is 16.3 Å². The summed E-state index contributed by atoms with van der Waals surface area (Å²) in [6.07, 6.45) is 1.35. The van der Waals surface area contributed by atoms with Crippen molar-refractivity contribution in [3.05, 3.63) is 45.9 Å². The zero-order valence-electron chi connectivity index (χ0n) is 12.1. The molecule has 8 heteroatoms. The average Bonchev–Trinajstić information content (AvgIpc) is 2.83. The minimum absolute atomic E-state index is 0.0338. The molecular weight excluding hydrogens is 308 g/mol. The minimum atomic E-state index is -3.30. The van der Waals surface area contributed by atoms with E-state index in [4.69, 9.17) is 4.74 Å². The van der Waals surface area contributed by atoms with E-state index in [0.29, 0.717) is 6.42 Å². The van der Waals surface area contributed by atoms with Gasteiger partial charge in [0, 0.05) is 18.6 Å². The number of nitrogens with zero attached hydrogens (tertiary/aromatic N) is 1. The van der Waals surface area contributed by atoms with Crippen LogP contribution in [-0.4, -0.2) is 30.9 Å². The van der Waals surface area contributed by atoms with Gasteiger partial charge in [-0.2, -0.15) is 0 Å². The molecule has 22 heavy (non-hydrogen) atoms. The molecule has 3 atom stereocenters. The molecule has 7 nitrogen and oxygen atoms in total. The molecular formula is C14H16N2O5S. The summed E-state index contributed by atoms with van der Waals surface area (Å²) < 4.78 is 34.5. The average molecular weight is 324 g/mol. The molecule has 1 heterocycles. The molecule has 0 saturated carbocycles. The van der Waals surface area contributed by atoms with Crippen molar-refractivity contribution in [3.63, 3.8) is 0 Å². The van der Waals surface area contributed by atoms with Crippen LogP contribution >= 0.6 is 0 Å². The number of ether oxygens (including phenoxy) is 1. The number of H-pyrrole nitrogens is 1. The largest absolute Gasteiger partial charge is 0.459 e. The number of aromatic nitrogens is 2. The second-order valence-electron chi connectivity index (χ2n) is 5.57. The van der Waals surface area contributed by atoms with Gasteiger partial charge < -0.3 is 4.74 Å². The van der Waals surface area contributed by atoms with Crippen molar-refractivity contribution in [2.45, 2.75) is 24.7 Å². The SMILES string of the molecule is C[C@H]1C(S(C)(=O)=O)c2ccccc2C[C@H]1Oc1noc(=O)[nH]1. The smallest absolute Gasteiger partial charge is 0.441 e. The van der Waals surface area contributed by atoms with Crippen molar-refractivity contribution in [3.8, 4) is 6.01 Å². The van der Waals surface area contributed by atoms with Gasteiger partial charge in [-0.1, -0.05) is 31.2 Å². The highest BCUT2D eigenvalue weighted by atomic mass is 32.2. The van der Waals surface area contributed by atoms with E-state index in [0.717, 1.165) is 11.1 Å². The molecule has 0 saturated heterocycles. The van der Waals surface area contributed by atoms with Crippen molar-refractivity contribution >= 4 is 9.84 Å². The van der Waals surface area contributed by atoms with Crippen molar-refractivity contribution < 1.29 is 17.7 Å².